The van der Waals surface area contributed by atoms with Crippen LogP contribution in [0.1, 0.15) is 23.8 Å². The van der Waals surface area contributed by atoms with Gasteiger partial charge in [0.05, 0.1) is 10.2 Å². The number of rotatable bonds is 7. The lowest BCUT2D eigenvalue weighted by molar-refractivity contribution is 0.0975. The second-order valence-corrected chi connectivity index (χ2v) is 7.70. The molecule has 3 rings (SSSR count). The van der Waals surface area contributed by atoms with Gasteiger partial charge in [-0.3, -0.25) is 14.4 Å². The Balaban J connectivity index is 0.00000261. The Morgan fingerprint density at radius 3 is 2.74 bits per heavy atom. The number of thiazole rings is 1. The molecule has 0 aliphatic rings. The molecule has 0 fully saturated rings. The van der Waals surface area contributed by atoms with Crippen molar-refractivity contribution in [3.8, 4) is 0 Å². The molecule has 146 valence electrons. The standard InChI is InChI=1S/C18H22ClN5OS.ClH/c1-4-24-15(8-9-20-24)17(25)23(11-5-10-22(2)3)18-21-14-7-6-13(19)12-16(14)26-18;/h6-9,12H,4-5,10-11H2,1-3H3;1H. The lowest BCUT2D eigenvalue weighted by atomic mass is 10.3. The molecule has 0 N–H and O–H groups in total. The molecule has 27 heavy (non-hydrogen) atoms. The molecule has 6 nitrogen and oxygen atoms in total. The normalized spacial score (nSPS) is 11.0. The first-order chi connectivity index (χ1) is 12.5. The van der Waals surface area contributed by atoms with E-state index in [1.165, 1.54) is 11.3 Å². The molecule has 0 atom stereocenters. The third-order valence-corrected chi connectivity index (χ3v) is 5.31. The van der Waals surface area contributed by atoms with Gasteiger partial charge in [0.2, 0.25) is 0 Å². The van der Waals surface area contributed by atoms with E-state index in [4.69, 9.17) is 11.6 Å². The Bertz CT molecular complexity index is 908. The van der Waals surface area contributed by atoms with Gasteiger partial charge in [-0.05, 0) is 58.3 Å². The quantitative estimate of drug-likeness (QED) is 0.567. The van der Waals surface area contributed by atoms with E-state index >= 15 is 0 Å². The highest BCUT2D eigenvalue weighted by Crippen LogP contribution is 2.31. The van der Waals surface area contributed by atoms with Gasteiger partial charge in [-0.15, -0.1) is 12.4 Å². The summed E-state index contributed by atoms with van der Waals surface area (Å²) in [7, 11) is 4.05. The summed E-state index contributed by atoms with van der Waals surface area (Å²) in [4.78, 5) is 21.7. The van der Waals surface area contributed by atoms with Gasteiger partial charge in [0.1, 0.15) is 5.69 Å². The van der Waals surface area contributed by atoms with Crippen LogP contribution in [0.15, 0.2) is 30.5 Å². The van der Waals surface area contributed by atoms with Gasteiger partial charge in [0.25, 0.3) is 5.91 Å². The van der Waals surface area contributed by atoms with Gasteiger partial charge in [0, 0.05) is 24.3 Å². The third kappa shape index (κ3) is 4.99. The van der Waals surface area contributed by atoms with Crippen LogP contribution in [0.5, 0.6) is 0 Å². The van der Waals surface area contributed by atoms with E-state index in [-0.39, 0.29) is 18.3 Å². The maximum atomic E-state index is 13.2. The second kappa shape index (κ2) is 9.50. The summed E-state index contributed by atoms with van der Waals surface area (Å²) in [6.45, 7) is 4.11. The molecular weight excluding hydrogens is 405 g/mol. The predicted molar refractivity (Wildman–Crippen MR) is 115 cm³/mol. The lowest BCUT2D eigenvalue weighted by Crippen LogP contribution is -2.34. The van der Waals surface area contributed by atoms with Crippen LogP contribution in [0.2, 0.25) is 5.02 Å². The molecule has 2 aromatic heterocycles. The predicted octanol–water partition coefficient (Wildman–Crippen LogP) is 4.19. The average molecular weight is 428 g/mol. The van der Waals surface area contributed by atoms with Crippen molar-refractivity contribution in [2.75, 3.05) is 32.1 Å². The number of halogens is 2. The SMILES string of the molecule is CCn1nccc1C(=O)N(CCCN(C)C)c1nc2ccc(Cl)cc2s1.Cl. The largest absolute Gasteiger partial charge is 0.309 e. The van der Waals surface area contributed by atoms with Crippen molar-refractivity contribution in [1.82, 2.24) is 19.7 Å². The first-order valence-corrected chi connectivity index (χ1v) is 9.73. The van der Waals surface area contributed by atoms with Crippen LogP contribution in [0.25, 0.3) is 10.2 Å². The highest BCUT2D eigenvalue weighted by atomic mass is 35.5. The molecule has 2 heterocycles. The zero-order chi connectivity index (χ0) is 18.7. The number of amides is 1. The first kappa shape index (κ1) is 21.6. The number of fused-ring (bicyclic) bond motifs is 1. The van der Waals surface area contributed by atoms with Crippen LogP contribution in [-0.2, 0) is 6.54 Å². The maximum Gasteiger partial charge on any atom is 0.278 e. The van der Waals surface area contributed by atoms with Gasteiger partial charge in [0.15, 0.2) is 5.13 Å². The topological polar surface area (TPSA) is 54.3 Å². The molecule has 3 aromatic rings. The monoisotopic (exact) mass is 427 g/mol. The zero-order valence-electron chi connectivity index (χ0n) is 15.6. The van der Waals surface area contributed by atoms with Crippen LogP contribution in [-0.4, -0.2) is 52.8 Å². The molecule has 0 spiro atoms. The Hall–Kier alpha value is -1.67. The number of hydrogen-bond donors (Lipinski definition) is 0. The molecule has 0 saturated carbocycles. The summed E-state index contributed by atoms with van der Waals surface area (Å²) in [5.74, 6) is -0.0757. The van der Waals surface area contributed by atoms with Crippen LogP contribution in [0.3, 0.4) is 0 Å². The molecular formula is C18H23Cl2N5OS. The number of nitrogens with zero attached hydrogens (tertiary/aromatic N) is 5. The molecule has 0 saturated heterocycles. The lowest BCUT2D eigenvalue weighted by Gasteiger charge is -2.21. The van der Waals surface area contributed by atoms with Crippen LogP contribution in [0.4, 0.5) is 5.13 Å². The van der Waals surface area contributed by atoms with E-state index in [0.717, 1.165) is 23.2 Å². The van der Waals surface area contributed by atoms with Gasteiger partial charge in [-0.25, -0.2) is 4.98 Å². The van der Waals surface area contributed by atoms with E-state index in [1.807, 2.05) is 39.2 Å². The summed E-state index contributed by atoms with van der Waals surface area (Å²) in [5.41, 5.74) is 1.43. The average Bonchev–Trinajstić information content (AvgIpc) is 3.23. The molecule has 0 unspecified atom stereocenters. The minimum atomic E-state index is -0.0757. The fourth-order valence-corrected chi connectivity index (χ4v) is 4.00. The minimum absolute atomic E-state index is 0. The van der Waals surface area contributed by atoms with E-state index in [9.17, 15) is 4.79 Å². The highest BCUT2D eigenvalue weighted by Gasteiger charge is 2.23. The van der Waals surface area contributed by atoms with Crippen molar-refractivity contribution in [3.63, 3.8) is 0 Å². The number of aryl methyl sites for hydroxylation is 1. The van der Waals surface area contributed by atoms with E-state index in [0.29, 0.717) is 28.9 Å². The smallest absolute Gasteiger partial charge is 0.278 e. The van der Waals surface area contributed by atoms with Crippen molar-refractivity contribution in [2.45, 2.75) is 19.9 Å². The molecule has 0 bridgehead atoms. The van der Waals surface area contributed by atoms with Crippen LogP contribution < -0.4 is 4.90 Å². The Morgan fingerprint density at radius 2 is 2.04 bits per heavy atom. The maximum absolute atomic E-state index is 13.2. The molecule has 0 aliphatic heterocycles. The summed E-state index contributed by atoms with van der Waals surface area (Å²) in [5, 5.41) is 5.58. The molecule has 1 amide bonds. The molecule has 9 heteroatoms. The molecule has 1 aromatic carbocycles. The van der Waals surface area contributed by atoms with Gasteiger partial charge in [-0.2, -0.15) is 5.10 Å². The van der Waals surface area contributed by atoms with Gasteiger partial charge >= 0.3 is 0 Å². The summed E-state index contributed by atoms with van der Waals surface area (Å²) in [6.07, 6.45) is 2.52. The fourth-order valence-electron chi connectivity index (χ4n) is 2.74. The van der Waals surface area contributed by atoms with Crippen LogP contribution >= 0.6 is 35.3 Å². The van der Waals surface area contributed by atoms with Crippen molar-refractivity contribution in [3.05, 3.63) is 41.2 Å². The van der Waals surface area contributed by atoms with Gasteiger partial charge in [-0.1, -0.05) is 22.9 Å². The second-order valence-electron chi connectivity index (χ2n) is 6.25. The minimum Gasteiger partial charge on any atom is -0.309 e. The number of carbonyl (C=O) groups is 1. The fraction of sp³-hybridized carbons (Fsp3) is 0.389. The summed E-state index contributed by atoms with van der Waals surface area (Å²) >= 11 is 7.57. The number of hydrogen-bond acceptors (Lipinski definition) is 5. The van der Waals surface area contributed by atoms with Gasteiger partial charge < -0.3 is 4.90 Å². The van der Waals surface area contributed by atoms with Crippen molar-refractivity contribution in [2.24, 2.45) is 0 Å². The van der Waals surface area contributed by atoms with E-state index in [1.54, 1.807) is 21.8 Å². The number of carbonyl (C=O) groups excluding carboxylic acids is 1. The van der Waals surface area contributed by atoms with Crippen molar-refractivity contribution >= 4 is 56.6 Å². The Morgan fingerprint density at radius 1 is 1.26 bits per heavy atom. The number of benzene rings is 1. The Labute approximate surface area is 174 Å². The molecule has 0 radical (unpaired) electrons. The third-order valence-electron chi connectivity index (χ3n) is 4.04. The first-order valence-electron chi connectivity index (χ1n) is 8.54. The van der Waals surface area contributed by atoms with Crippen molar-refractivity contribution in [1.29, 1.82) is 0 Å². The molecule has 0 aliphatic carbocycles. The van der Waals surface area contributed by atoms with Crippen molar-refractivity contribution < 1.29 is 4.79 Å². The van der Waals surface area contributed by atoms with E-state index in [2.05, 4.69) is 15.0 Å². The highest BCUT2D eigenvalue weighted by molar-refractivity contribution is 7.22. The summed E-state index contributed by atoms with van der Waals surface area (Å²) < 4.78 is 2.69. The zero-order valence-corrected chi connectivity index (χ0v) is 17.9. The summed E-state index contributed by atoms with van der Waals surface area (Å²) in [6, 6.07) is 7.35. The Kier molecular flexibility index (Phi) is 7.61. The number of aromatic nitrogens is 3. The number of anilines is 1. The van der Waals surface area contributed by atoms with E-state index < -0.39 is 0 Å². The van der Waals surface area contributed by atoms with Crippen LogP contribution in [0, 0.1) is 0 Å².